The predicted octanol–water partition coefficient (Wildman–Crippen LogP) is 2.93. The van der Waals surface area contributed by atoms with E-state index in [1.165, 1.54) is 12.4 Å². The molecule has 0 bridgehead atoms. The van der Waals surface area contributed by atoms with Crippen LogP contribution in [0.25, 0.3) is 10.2 Å². The molecule has 102 valence electrons. The van der Waals surface area contributed by atoms with Crippen molar-refractivity contribution in [2.24, 2.45) is 0 Å². The van der Waals surface area contributed by atoms with E-state index in [4.69, 9.17) is 0 Å². The van der Waals surface area contributed by atoms with Gasteiger partial charge in [0.05, 0.1) is 16.6 Å². The topological polar surface area (TPSA) is 59.9 Å². The van der Waals surface area contributed by atoms with Crippen molar-refractivity contribution < 1.29 is 21.6 Å². The number of fused-ring (bicyclic) bond motifs is 1. The van der Waals surface area contributed by atoms with Crippen molar-refractivity contribution in [2.75, 3.05) is 5.75 Å². The Morgan fingerprint density at radius 3 is 2.68 bits per heavy atom. The maximum atomic E-state index is 12.6. The van der Waals surface area contributed by atoms with Crippen LogP contribution in [0.3, 0.4) is 0 Å². The summed E-state index contributed by atoms with van der Waals surface area (Å²) >= 11 is 0.899. The quantitative estimate of drug-likeness (QED) is 0.871. The number of thiazole rings is 1. The van der Waals surface area contributed by atoms with Gasteiger partial charge in [0.25, 0.3) is 0 Å². The number of pyridine rings is 1. The summed E-state index contributed by atoms with van der Waals surface area (Å²) in [6, 6.07) is 1.59. The molecule has 0 radical (unpaired) electrons. The van der Waals surface area contributed by atoms with Gasteiger partial charge in [-0.3, -0.25) is 4.98 Å². The average Bonchev–Trinajstić information content (AvgIpc) is 2.80. The monoisotopic (exact) mass is 308 g/mol. The van der Waals surface area contributed by atoms with Crippen LogP contribution in [0, 0.1) is 0 Å². The summed E-state index contributed by atoms with van der Waals surface area (Å²) in [7, 11) is -3.88. The summed E-state index contributed by atoms with van der Waals surface area (Å²) in [4.78, 5) is 7.64. The normalized spacial score (nSPS) is 11.7. The fraction of sp³-hybridized carbons (Fsp3) is 0.200. The summed E-state index contributed by atoms with van der Waals surface area (Å²) in [5.74, 6) is -2.46. The van der Waals surface area contributed by atoms with Crippen LogP contribution in [-0.4, -0.2) is 24.1 Å². The summed E-state index contributed by atoms with van der Waals surface area (Å²) in [6.45, 7) is 0. The smallest absolute Gasteiger partial charge is 0.262 e. The number of sulfone groups is 1. The highest BCUT2D eigenvalue weighted by molar-refractivity contribution is 7.93. The minimum Gasteiger partial charge on any atom is -0.262 e. The molecule has 0 aliphatic rings. The standard InChI is InChI=1S/C10H7F3N2O2S2/c11-6(9(12)13)2-4-19(16,17)10-15-7-5-14-3-1-8(7)18-10/h1,3,5H,2,4H2. The Morgan fingerprint density at radius 2 is 2.05 bits per heavy atom. The molecule has 2 aromatic heterocycles. The fourth-order valence-corrected chi connectivity index (χ4v) is 3.85. The van der Waals surface area contributed by atoms with Crippen molar-refractivity contribution in [2.45, 2.75) is 10.8 Å². The van der Waals surface area contributed by atoms with Gasteiger partial charge in [0.2, 0.25) is 14.2 Å². The van der Waals surface area contributed by atoms with E-state index in [-0.39, 0.29) is 4.34 Å². The summed E-state index contributed by atoms with van der Waals surface area (Å²) < 4.78 is 60.4. The minimum atomic E-state index is -3.88. The van der Waals surface area contributed by atoms with Gasteiger partial charge in [-0.15, -0.1) is 11.3 Å². The van der Waals surface area contributed by atoms with E-state index in [1.807, 2.05) is 0 Å². The van der Waals surface area contributed by atoms with Gasteiger partial charge < -0.3 is 0 Å². The van der Waals surface area contributed by atoms with E-state index in [2.05, 4.69) is 9.97 Å². The number of hydrogen-bond donors (Lipinski definition) is 0. The number of hydrogen-bond acceptors (Lipinski definition) is 5. The second kappa shape index (κ2) is 5.25. The van der Waals surface area contributed by atoms with Crippen LogP contribution >= 0.6 is 11.3 Å². The van der Waals surface area contributed by atoms with Crippen LogP contribution < -0.4 is 0 Å². The largest absolute Gasteiger partial charge is 0.301 e. The zero-order valence-corrected chi connectivity index (χ0v) is 10.9. The highest BCUT2D eigenvalue weighted by Crippen LogP contribution is 2.26. The van der Waals surface area contributed by atoms with Crippen LogP contribution in [0.1, 0.15) is 6.42 Å². The van der Waals surface area contributed by atoms with Crippen LogP contribution in [0.5, 0.6) is 0 Å². The molecular weight excluding hydrogens is 301 g/mol. The first kappa shape index (κ1) is 13.9. The maximum absolute atomic E-state index is 12.6. The Hall–Kier alpha value is -1.48. The SMILES string of the molecule is O=S(=O)(CCC(F)=C(F)F)c1nc2cnccc2s1. The number of rotatable bonds is 4. The van der Waals surface area contributed by atoms with Gasteiger partial charge >= 0.3 is 6.08 Å². The fourth-order valence-electron chi connectivity index (χ4n) is 1.30. The van der Waals surface area contributed by atoms with Gasteiger partial charge in [-0.05, 0) is 6.07 Å². The molecule has 0 atom stereocenters. The second-order valence-corrected chi connectivity index (χ2v) is 6.87. The Labute approximate surface area is 110 Å². The van der Waals surface area contributed by atoms with Gasteiger partial charge in [0.1, 0.15) is 5.52 Å². The van der Waals surface area contributed by atoms with Crippen molar-refractivity contribution in [1.29, 1.82) is 0 Å². The maximum Gasteiger partial charge on any atom is 0.301 e. The lowest BCUT2D eigenvalue weighted by Gasteiger charge is -1.98. The van der Waals surface area contributed by atoms with Gasteiger partial charge in [0.15, 0.2) is 5.83 Å². The van der Waals surface area contributed by atoms with Gasteiger partial charge in [0, 0.05) is 12.6 Å². The molecular formula is C10H7F3N2O2S2. The molecule has 0 amide bonds. The molecule has 2 rings (SSSR count). The minimum absolute atomic E-state index is 0.220. The van der Waals surface area contributed by atoms with Gasteiger partial charge in [-0.25, -0.2) is 17.8 Å². The molecule has 0 saturated carbocycles. The Kier molecular flexibility index (Phi) is 3.85. The molecule has 0 saturated heterocycles. The highest BCUT2D eigenvalue weighted by atomic mass is 32.2. The van der Waals surface area contributed by atoms with Gasteiger partial charge in [-0.1, -0.05) is 0 Å². The van der Waals surface area contributed by atoms with Crippen molar-refractivity contribution in [3.63, 3.8) is 0 Å². The molecule has 0 fully saturated rings. The average molecular weight is 308 g/mol. The van der Waals surface area contributed by atoms with E-state index in [0.29, 0.717) is 10.2 Å². The lowest BCUT2D eigenvalue weighted by Crippen LogP contribution is -2.06. The molecule has 2 heterocycles. The summed E-state index contributed by atoms with van der Waals surface area (Å²) in [5.41, 5.74) is 0.402. The Bertz CT molecular complexity index is 703. The van der Waals surface area contributed by atoms with E-state index in [1.54, 1.807) is 6.07 Å². The van der Waals surface area contributed by atoms with E-state index in [9.17, 15) is 21.6 Å². The molecule has 0 aromatic carbocycles. The van der Waals surface area contributed by atoms with Crippen molar-refractivity contribution in [3.05, 3.63) is 30.4 Å². The zero-order chi connectivity index (χ0) is 14.0. The molecule has 9 heteroatoms. The molecule has 2 aromatic rings. The van der Waals surface area contributed by atoms with Crippen molar-refractivity contribution in [3.8, 4) is 0 Å². The van der Waals surface area contributed by atoms with Crippen LogP contribution in [0.2, 0.25) is 0 Å². The Morgan fingerprint density at radius 1 is 1.32 bits per heavy atom. The third-order valence-electron chi connectivity index (χ3n) is 2.23. The molecule has 4 nitrogen and oxygen atoms in total. The molecule has 0 N–H and O–H groups in total. The highest BCUT2D eigenvalue weighted by Gasteiger charge is 2.21. The first-order valence-corrected chi connectivity index (χ1v) is 7.50. The third kappa shape index (κ3) is 3.10. The summed E-state index contributed by atoms with van der Waals surface area (Å²) in [6.07, 6.45) is -0.480. The summed E-state index contributed by atoms with van der Waals surface area (Å²) in [5, 5.41) is 0. The molecule has 19 heavy (non-hydrogen) atoms. The van der Waals surface area contributed by atoms with Crippen LogP contribution in [-0.2, 0) is 9.84 Å². The lowest BCUT2D eigenvalue weighted by molar-refractivity contribution is 0.373. The predicted molar refractivity (Wildman–Crippen MR) is 64.4 cm³/mol. The van der Waals surface area contributed by atoms with E-state index < -0.39 is 33.9 Å². The van der Waals surface area contributed by atoms with Crippen LogP contribution in [0.15, 0.2) is 34.7 Å². The van der Waals surface area contributed by atoms with E-state index >= 15 is 0 Å². The molecule has 0 aliphatic heterocycles. The first-order valence-electron chi connectivity index (χ1n) is 5.03. The number of halogens is 3. The number of aromatic nitrogens is 2. The first-order chi connectivity index (χ1) is 8.90. The number of nitrogens with zero attached hydrogens (tertiary/aromatic N) is 2. The van der Waals surface area contributed by atoms with Crippen LogP contribution in [0.4, 0.5) is 13.2 Å². The molecule has 0 spiro atoms. The lowest BCUT2D eigenvalue weighted by atomic mass is 10.4. The third-order valence-corrected chi connectivity index (χ3v) is 5.44. The van der Waals surface area contributed by atoms with E-state index in [0.717, 1.165) is 11.3 Å². The van der Waals surface area contributed by atoms with Crippen molar-refractivity contribution >= 4 is 31.4 Å². The second-order valence-electron chi connectivity index (χ2n) is 3.56. The zero-order valence-electron chi connectivity index (χ0n) is 9.31. The van der Waals surface area contributed by atoms with Crippen molar-refractivity contribution in [1.82, 2.24) is 9.97 Å². The van der Waals surface area contributed by atoms with Gasteiger partial charge in [-0.2, -0.15) is 8.78 Å². The number of allylic oxidation sites excluding steroid dienone is 1. The Balaban J connectivity index is 2.27. The molecule has 0 unspecified atom stereocenters. The molecule has 0 aliphatic carbocycles.